The maximum absolute atomic E-state index is 11.1. The van der Waals surface area contributed by atoms with Gasteiger partial charge < -0.3 is 4.90 Å². The lowest BCUT2D eigenvalue weighted by atomic mass is 10.1. The highest BCUT2D eigenvalue weighted by molar-refractivity contribution is 7.92. The van der Waals surface area contributed by atoms with Crippen LogP contribution in [0.3, 0.4) is 0 Å². The maximum Gasteiger partial charge on any atom is 0.230 e. The molecule has 0 atom stereocenters. The third kappa shape index (κ3) is 3.45. The van der Waals surface area contributed by atoms with Gasteiger partial charge in [0, 0.05) is 37.6 Å². The Kier molecular flexibility index (Phi) is 3.89. The molecular formula is C13H16N4O2S. The Morgan fingerprint density at radius 1 is 1.15 bits per heavy atom. The number of hydrogen-bond acceptors (Lipinski definition) is 5. The molecule has 0 bridgehead atoms. The summed E-state index contributed by atoms with van der Waals surface area (Å²) >= 11 is 0. The van der Waals surface area contributed by atoms with Crippen molar-refractivity contribution in [2.45, 2.75) is 0 Å². The van der Waals surface area contributed by atoms with Gasteiger partial charge in [-0.25, -0.2) is 18.4 Å². The fourth-order valence-electron chi connectivity index (χ4n) is 1.78. The minimum absolute atomic E-state index is 0.298. The molecule has 106 valence electrons. The molecule has 0 unspecified atom stereocenters. The van der Waals surface area contributed by atoms with E-state index in [9.17, 15) is 8.42 Å². The predicted octanol–water partition coefficient (Wildman–Crippen LogP) is 1.58. The summed E-state index contributed by atoms with van der Waals surface area (Å²) in [7, 11) is 0.522. The van der Waals surface area contributed by atoms with E-state index in [1.165, 1.54) is 0 Å². The zero-order valence-electron chi connectivity index (χ0n) is 11.5. The zero-order chi connectivity index (χ0) is 14.8. The highest BCUT2D eigenvalue weighted by atomic mass is 32.2. The summed E-state index contributed by atoms with van der Waals surface area (Å²) in [4.78, 5) is 10.3. The molecular weight excluding hydrogens is 276 g/mol. The van der Waals surface area contributed by atoms with Crippen LogP contribution in [0, 0.1) is 0 Å². The van der Waals surface area contributed by atoms with Crippen molar-refractivity contribution >= 4 is 21.7 Å². The number of sulfonamides is 1. The average molecular weight is 292 g/mol. The highest BCUT2D eigenvalue weighted by Crippen LogP contribution is 2.27. The van der Waals surface area contributed by atoms with Crippen LogP contribution in [0.5, 0.6) is 0 Å². The molecule has 0 aliphatic rings. The summed E-state index contributed by atoms with van der Waals surface area (Å²) in [5.41, 5.74) is 1.82. The molecule has 1 N–H and O–H groups in total. The van der Waals surface area contributed by atoms with Crippen LogP contribution in [0.15, 0.2) is 36.7 Å². The second-order valence-corrected chi connectivity index (χ2v) is 6.32. The first-order chi connectivity index (χ1) is 9.37. The van der Waals surface area contributed by atoms with Crippen LogP contribution >= 0.6 is 0 Å². The van der Waals surface area contributed by atoms with Gasteiger partial charge >= 0.3 is 0 Å². The molecule has 6 nitrogen and oxygen atoms in total. The quantitative estimate of drug-likeness (QED) is 0.926. The number of nitrogens with zero attached hydrogens (tertiary/aromatic N) is 3. The second kappa shape index (κ2) is 5.46. The number of nitrogens with one attached hydrogen (secondary N) is 1. The Bertz CT molecular complexity index is 697. The Morgan fingerprint density at radius 3 is 2.45 bits per heavy atom. The lowest BCUT2D eigenvalue weighted by molar-refractivity contribution is 0.606. The Balaban J connectivity index is 2.36. The van der Waals surface area contributed by atoms with Crippen LogP contribution in [-0.4, -0.2) is 38.7 Å². The van der Waals surface area contributed by atoms with E-state index in [2.05, 4.69) is 14.7 Å². The lowest BCUT2D eigenvalue weighted by Crippen LogP contribution is -2.12. The Hall–Kier alpha value is -2.15. The summed E-state index contributed by atoms with van der Waals surface area (Å²) in [6.07, 6.45) is 4.44. The van der Waals surface area contributed by atoms with Crippen LogP contribution in [0.4, 0.5) is 11.6 Å². The van der Waals surface area contributed by atoms with Crippen molar-refractivity contribution in [1.82, 2.24) is 9.97 Å². The average Bonchev–Trinajstić information content (AvgIpc) is 2.38. The van der Waals surface area contributed by atoms with Crippen LogP contribution in [0.25, 0.3) is 11.1 Å². The first kappa shape index (κ1) is 14.3. The molecule has 0 fully saturated rings. The van der Waals surface area contributed by atoms with Gasteiger partial charge in [0.1, 0.15) is 11.6 Å². The van der Waals surface area contributed by atoms with Gasteiger partial charge in [-0.2, -0.15) is 0 Å². The van der Waals surface area contributed by atoms with Crippen molar-refractivity contribution in [2.75, 3.05) is 30.0 Å². The molecule has 20 heavy (non-hydrogen) atoms. The molecule has 0 aliphatic carbocycles. The highest BCUT2D eigenvalue weighted by Gasteiger charge is 2.09. The zero-order valence-corrected chi connectivity index (χ0v) is 12.3. The van der Waals surface area contributed by atoms with E-state index in [0.29, 0.717) is 5.82 Å². The molecule has 0 spiro atoms. The van der Waals surface area contributed by atoms with Crippen molar-refractivity contribution in [3.63, 3.8) is 0 Å². The van der Waals surface area contributed by atoms with E-state index in [0.717, 1.165) is 23.2 Å². The topological polar surface area (TPSA) is 75.2 Å². The Morgan fingerprint density at radius 2 is 1.90 bits per heavy atom. The van der Waals surface area contributed by atoms with Gasteiger partial charge in [-0.05, 0) is 24.3 Å². The SMILES string of the molecule is CN(C)c1ncccc1-c1ccc(NS(C)(=O)=O)nc1. The third-order valence-electron chi connectivity index (χ3n) is 2.57. The molecule has 0 saturated heterocycles. The van der Waals surface area contributed by atoms with Crippen LogP contribution in [0.2, 0.25) is 0 Å². The van der Waals surface area contributed by atoms with Crippen molar-refractivity contribution in [1.29, 1.82) is 0 Å². The molecule has 0 aromatic carbocycles. The van der Waals surface area contributed by atoms with E-state index in [1.54, 1.807) is 18.5 Å². The van der Waals surface area contributed by atoms with E-state index in [1.807, 2.05) is 37.2 Å². The standard InChI is InChI=1S/C13H16N4O2S/c1-17(2)13-11(5-4-8-14-13)10-6-7-12(15-9-10)16-20(3,18)19/h4-9H,1-3H3,(H,15,16). The van der Waals surface area contributed by atoms with Crippen molar-refractivity contribution in [3.8, 4) is 11.1 Å². The fraction of sp³-hybridized carbons (Fsp3) is 0.231. The van der Waals surface area contributed by atoms with E-state index >= 15 is 0 Å². The molecule has 0 amide bonds. The second-order valence-electron chi connectivity index (χ2n) is 4.58. The van der Waals surface area contributed by atoms with E-state index in [4.69, 9.17) is 0 Å². The third-order valence-corrected chi connectivity index (χ3v) is 3.15. The van der Waals surface area contributed by atoms with Gasteiger partial charge in [-0.1, -0.05) is 0 Å². The van der Waals surface area contributed by atoms with Crippen LogP contribution in [-0.2, 0) is 10.0 Å². The molecule has 0 radical (unpaired) electrons. The van der Waals surface area contributed by atoms with Crippen molar-refractivity contribution < 1.29 is 8.42 Å². The monoisotopic (exact) mass is 292 g/mol. The minimum atomic E-state index is -3.31. The molecule has 2 aromatic rings. The molecule has 2 aromatic heterocycles. The molecule has 2 heterocycles. The summed E-state index contributed by atoms with van der Waals surface area (Å²) in [5, 5.41) is 0. The van der Waals surface area contributed by atoms with Gasteiger partial charge in [-0.15, -0.1) is 0 Å². The van der Waals surface area contributed by atoms with Gasteiger partial charge in [0.25, 0.3) is 0 Å². The van der Waals surface area contributed by atoms with Gasteiger partial charge in [0.2, 0.25) is 10.0 Å². The predicted molar refractivity (Wildman–Crippen MR) is 80.3 cm³/mol. The smallest absolute Gasteiger partial charge is 0.230 e. The minimum Gasteiger partial charge on any atom is -0.362 e. The first-order valence-corrected chi connectivity index (χ1v) is 7.82. The van der Waals surface area contributed by atoms with E-state index in [-0.39, 0.29) is 0 Å². The summed E-state index contributed by atoms with van der Waals surface area (Å²) in [6.45, 7) is 0. The number of rotatable bonds is 4. The van der Waals surface area contributed by atoms with Crippen LogP contribution in [0.1, 0.15) is 0 Å². The largest absolute Gasteiger partial charge is 0.362 e. The number of anilines is 2. The number of pyridine rings is 2. The van der Waals surface area contributed by atoms with Crippen molar-refractivity contribution in [3.05, 3.63) is 36.7 Å². The van der Waals surface area contributed by atoms with E-state index < -0.39 is 10.0 Å². The lowest BCUT2D eigenvalue weighted by Gasteiger charge is -2.15. The Labute approximate surface area is 118 Å². The maximum atomic E-state index is 11.1. The normalized spacial score (nSPS) is 11.2. The summed E-state index contributed by atoms with van der Waals surface area (Å²) in [6, 6.07) is 7.24. The summed E-state index contributed by atoms with van der Waals surface area (Å²) < 4.78 is 24.6. The number of hydrogen-bond donors (Lipinski definition) is 1. The molecule has 0 aliphatic heterocycles. The van der Waals surface area contributed by atoms with Gasteiger partial charge in [0.15, 0.2) is 0 Å². The molecule has 7 heteroatoms. The molecule has 0 saturated carbocycles. The first-order valence-electron chi connectivity index (χ1n) is 5.93. The number of aromatic nitrogens is 2. The van der Waals surface area contributed by atoms with Gasteiger partial charge in [0.05, 0.1) is 6.26 Å². The van der Waals surface area contributed by atoms with Crippen LogP contribution < -0.4 is 9.62 Å². The summed E-state index contributed by atoms with van der Waals surface area (Å²) in [5.74, 6) is 1.13. The van der Waals surface area contributed by atoms with Gasteiger partial charge in [-0.3, -0.25) is 4.72 Å². The fourth-order valence-corrected chi connectivity index (χ4v) is 2.28. The van der Waals surface area contributed by atoms with Crippen molar-refractivity contribution in [2.24, 2.45) is 0 Å². The molecule has 2 rings (SSSR count).